The van der Waals surface area contributed by atoms with Gasteiger partial charge in [0, 0.05) is 36.2 Å². The van der Waals surface area contributed by atoms with Crippen molar-refractivity contribution in [3.63, 3.8) is 0 Å². The highest BCUT2D eigenvalue weighted by Gasteiger charge is 2.23. The van der Waals surface area contributed by atoms with Crippen LogP contribution in [-0.4, -0.2) is 46.4 Å². The number of fused-ring (bicyclic) bond motifs is 1. The predicted molar refractivity (Wildman–Crippen MR) is 107 cm³/mol. The van der Waals surface area contributed by atoms with Gasteiger partial charge in [0.15, 0.2) is 0 Å². The Bertz CT molecular complexity index is 967. The molecule has 0 unspecified atom stereocenters. The van der Waals surface area contributed by atoms with Gasteiger partial charge in [0.2, 0.25) is 10.0 Å². The zero-order valence-corrected chi connectivity index (χ0v) is 16.0. The molecule has 3 rings (SSSR count). The van der Waals surface area contributed by atoms with Crippen molar-refractivity contribution in [1.29, 1.82) is 0 Å². The molecule has 0 radical (unpaired) electrons. The van der Waals surface area contributed by atoms with Crippen LogP contribution in [0.1, 0.15) is 5.56 Å². The number of hydrogen-bond acceptors (Lipinski definition) is 5. The molecule has 0 aliphatic carbocycles. The van der Waals surface area contributed by atoms with Crippen LogP contribution in [0.2, 0.25) is 0 Å². The van der Waals surface area contributed by atoms with Gasteiger partial charge in [0.05, 0.1) is 10.5 Å². The van der Waals surface area contributed by atoms with Crippen molar-refractivity contribution >= 4 is 32.9 Å². The van der Waals surface area contributed by atoms with Crippen molar-refractivity contribution in [3.05, 3.63) is 60.3 Å². The van der Waals surface area contributed by atoms with E-state index < -0.39 is 10.0 Å². The van der Waals surface area contributed by atoms with Gasteiger partial charge in [-0.1, -0.05) is 18.2 Å². The standard InChI is InChI=1S/C19H22N4O3S/c1-23(2)12-11-21-27(25,26)15-9-7-14(8-10-15)20-13-17-16-5-3-4-6-18(16)22-19(17)24/h3-10,13,20-21H,11-12H2,1-2H3,(H,22,24)/b17-13-. The van der Waals surface area contributed by atoms with Crippen LogP contribution in [-0.2, 0) is 14.8 Å². The van der Waals surface area contributed by atoms with E-state index in [1.807, 2.05) is 43.3 Å². The minimum atomic E-state index is -3.54. The summed E-state index contributed by atoms with van der Waals surface area (Å²) in [6.45, 7) is 0.964. The molecule has 0 fully saturated rings. The second-order valence-electron chi connectivity index (χ2n) is 6.43. The molecule has 142 valence electrons. The lowest BCUT2D eigenvalue weighted by Gasteiger charge is -2.11. The van der Waals surface area contributed by atoms with Crippen LogP contribution in [0.15, 0.2) is 59.6 Å². The van der Waals surface area contributed by atoms with Gasteiger partial charge in [-0.15, -0.1) is 0 Å². The van der Waals surface area contributed by atoms with E-state index in [4.69, 9.17) is 0 Å². The Morgan fingerprint density at radius 2 is 1.78 bits per heavy atom. The first-order valence-corrected chi connectivity index (χ1v) is 9.97. The zero-order chi connectivity index (χ0) is 19.4. The zero-order valence-electron chi connectivity index (χ0n) is 15.2. The first kappa shape index (κ1) is 19.1. The third-order valence-corrected chi connectivity index (χ3v) is 5.59. The Hall–Kier alpha value is -2.68. The van der Waals surface area contributed by atoms with Crippen molar-refractivity contribution in [2.24, 2.45) is 0 Å². The minimum Gasteiger partial charge on any atom is -0.361 e. The Morgan fingerprint density at radius 3 is 2.48 bits per heavy atom. The number of rotatable bonds is 7. The van der Waals surface area contributed by atoms with Crippen molar-refractivity contribution in [2.75, 3.05) is 37.8 Å². The summed E-state index contributed by atoms with van der Waals surface area (Å²) in [4.78, 5) is 14.2. The van der Waals surface area contributed by atoms with Gasteiger partial charge in [-0.2, -0.15) is 0 Å². The van der Waals surface area contributed by atoms with Crippen molar-refractivity contribution < 1.29 is 13.2 Å². The van der Waals surface area contributed by atoms with Gasteiger partial charge >= 0.3 is 0 Å². The molecule has 27 heavy (non-hydrogen) atoms. The number of carbonyl (C=O) groups excluding carboxylic acids is 1. The van der Waals surface area contributed by atoms with Crippen molar-refractivity contribution in [3.8, 4) is 0 Å². The van der Waals surface area contributed by atoms with Gasteiger partial charge in [-0.25, -0.2) is 13.1 Å². The number of anilines is 2. The number of nitrogens with zero attached hydrogens (tertiary/aromatic N) is 1. The summed E-state index contributed by atoms with van der Waals surface area (Å²) >= 11 is 0. The Balaban J connectivity index is 1.69. The summed E-state index contributed by atoms with van der Waals surface area (Å²) in [6.07, 6.45) is 1.63. The molecular weight excluding hydrogens is 364 g/mol. The molecule has 0 spiro atoms. The normalized spacial score (nSPS) is 15.1. The summed E-state index contributed by atoms with van der Waals surface area (Å²) in [5.74, 6) is -0.173. The molecule has 0 bridgehead atoms. The maximum Gasteiger partial charge on any atom is 0.257 e. The number of sulfonamides is 1. The molecule has 0 saturated carbocycles. The SMILES string of the molecule is CN(C)CCNS(=O)(=O)c1ccc(N/C=C2\C(=O)Nc3ccccc32)cc1. The average Bonchev–Trinajstić information content (AvgIpc) is 2.95. The lowest BCUT2D eigenvalue weighted by atomic mass is 10.1. The maximum absolute atomic E-state index is 12.3. The smallest absolute Gasteiger partial charge is 0.257 e. The van der Waals surface area contributed by atoms with E-state index in [0.717, 1.165) is 11.3 Å². The Morgan fingerprint density at radius 1 is 1.07 bits per heavy atom. The third kappa shape index (κ3) is 4.54. The number of carbonyl (C=O) groups is 1. The second kappa shape index (κ2) is 7.91. The highest BCUT2D eigenvalue weighted by atomic mass is 32.2. The molecule has 8 heteroatoms. The maximum atomic E-state index is 12.3. The number of para-hydroxylation sites is 1. The van der Waals surface area contributed by atoms with E-state index in [1.165, 1.54) is 12.1 Å². The molecule has 3 N–H and O–H groups in total. The molecular formula is C19H22N4O3S. The molecule has 1 amide bonds. The molecule has 0 saturated heterocycles. The summed E-state index contributed by atoms with van der Waals surface area (Å²) < 4.78 is 27.1. The third-order valence-electron chi connectivity index (χ3n) is 4.11. The van der Waals surface area contributed by atoms with Crippen LogP contribution < -0.4 is 15.4 Å². The first-order chi connectivity index (χ1) is 12.9. The van der Waals surface area contributed by atoms with E-state index in [-0.39, 0.29) is 10.8 Å². The molecule has 1 aliphatic heterocycles. The molecule has 1 heterocycles. The van der Waals surface area contributed by atoms with Gasteiger partial charge in [0.1, 0.15) is 0 Å². The number of nitrogens with one attached hydrogen (secondary N) is 3. The van der Waals surface area contributed by atoms with Crippen LogP contribution in [0.3, 0.4) is 0 Å². The Kier molecular flexibility index (Phi) is 5.59. The molecule has 2 aromatic carbocycles. The van der Waals surface area contributed by atoms with E-state index in [1.54, 1.807) is 18.3 Å². The van der Waals surface area contributed by atoms with E-state index in [2.05, 4.69) is 15.4 Å². The fourth-order valence-electron chi connectivity index (χ4n) is 2.66. The largest absolute Gasteiger partial charge is 0.361 e. The van der Waals surface area contributed by atoms with Crippen molar-refractivity contribution in [1.82, 2.24) is 9.62 Å². The van der Waals surface area contributed by atoms with Crippen LogP contribution in [0.5, 0.6) is 0 Å². The fourth-order valence-corrected chi connectivity index (χ4v) is 3.68. The average molecular weight is 386 g/mol. The molecule has 0 aromatic heterocycles. The van der Waals surface area contributed by atoms with Crippen molar-refractivity contribution in [2.45, 2.75) is 4.90 Å². The first-order valence-electron chi connectivity index (χ1n) is 8.49. The number of hydrogen-bond donors (Lipinski definition) is 3. The molecule has 1 aliphatic rings. The van der Waals surface area contributed by atoms with E-state index in [9.17, 15) is 13.2 Å². The monoisotopic (exact) mass is 386 g/mol. The summed E-state index contributed by atoms with van der Waals surface area (Å²) in [6, 6.07) is 13.8. The van der Waals surface area contributed by atoms with E-state index in [0.29, 0.717) is 24.4 Å². The predicted octanol–water partition coefficient (Wildman–Crippen LogP) is 1.93. The number of benzene rings is 2. The molecule has 2 aromatic rings. The van der Waals surface area contributed by atoms with Gasteiger partial charge < -0.3 is 15.5 Å². The highest BCUT2D eigenvalue weighted by Crippen LogP contribution is 2.31. The van der Waals surface area contributed by atoms with Crippen LogP contribution in [0.4, 0.5) is 11.4 Å². The number of likely N-dealkylation sites (N-methyl/N-ethyl adjacent to an activating group) is 1. The second-order valence-corrected chi connectivity index (χ2v) is 8.19. The lowest BCUT2D eigenvalue weighted by molar-refractivity contribution is -0.110. The van der Waals surface area contributed by atoms with Gasteiger partial charge in [0.25, 0.3) is 5.91 Å². The summed E-state index contributed by atoms with van der Waals surface area (Å²) in [5, 5.41) is 5.85. The van der Waals surface area contributed by atoms with Gasteiger partial charge in [-0.3, -0.25) is 4.79 Å². The van der Waals surface area contributed by atoms with Gasteiger partial charge in [-0.05, 0) is 44.4 Å². The number of amides is 1. The highest BCUT2D eigenvalue weighted by molar-refractivity contribution is 7.89. The minimum absolute atomic E-state index is 0.173. The van der Waals surface area contributed by atoms with Crippen LogP contribution in [0.25, 0.3) is 5.57 Å². The topological polar surface area (TPSA) is 90.5 Å². The van der Waals surface area contributed by atoms with E-state index >= 15 is 0 Å². The quantitative estimate of drug-likeness (QED) is 0.633. The lowest BCUT2D eigenvalue weighted by Crippen LogP contribution is -2.31. The Labute approximate surface area is 159 Å². The molecule has 7 nitrogen and oxygen atoms in total. The fraction of sp³-hybridized carbons (Fsp3) is 0.211. The van der Waals surface area contributed by atoms with Crippen LogP contribution >= 0.6 is 0 Å². The van der Waals surface area contributed by atoms with Crippen LogP contribution in [0, 0.1) is 0 Å². The summed E-state index contributed by atoms with van der Waals surface area (Å²) in [7, 11) is 0.226. The molecule has 0 atom stereocenters. The summed E-state index contributed by atoms with van der Waals surface area (Å²) in [5.41, 5.74) is 2.83.